The van der Waals surface area contributed by atoms with Crippen LogP contribution in [0.3, 0.4) is 0 Å². The molecule has 1 atom stereocenters. The minimum absolute atomic E-state index is 0.0818. The van der Waals surface area contributed by atoms with Gasteiger partial charge in [-0.05, 0) is 48.4 Å². The minimum atomic E-state index is -0.686. The summed E-state index contributed by atoms with van der Waals surface area (Å²) in [7, 11) is 1.57. The third kappa shape index (κ3) is 4.08. The lowest BCUT2D eigenvalue weighted by atomic mass is 9.95. The Labute approximate surface area is 176 Å². The van der Waals surface area contributed by atoms with Crippen LogP contribution >= 0.6 is 0 Å². The van der Waals surface area contributed by atoms with Gasteiger partial charge >= 0.3 is 0 Å². The van der Waals surface area contributed by atoms with Crippen molar-refractivity contribution in [1.82, 2.24) is 4.90 Å². The first-order valence-electron chi connectivity index (χ1n) is 9.78. The number of rotatable bonds is 8. The average molecular weight is 407 g/mol. The molecule has 6 nitrogen and oxygen atoms in total. The van der Waals surface area contributed by atoms with E-state index in [1.807, 2.05) is 6.92 Å². The molecule has 0 unspecified atom stereocenters. The molecule has 30 heavy (non-hydrogen) atoms. The topological polar surface area (TPSA) is 76.1 Å². The molecule has 1 N–H and O–H groups in total. The highest BCUT2D eigenvalue weighted by Gasteiger charge is 2.45. The highest BCUT2D eigenvalue weighted by atomic mass is 16.5. The van der Waals surface area contributed by atoms with Crippen molar-refractivity contribution in [2.45, 2.75) is 19.4 Å². The fourth-order valence-electron chi connectivity index (χ4n) is 3.50. The molecule has 1 saturated heterocycles. The number of amides is 1. The third-order valence-corrected chi connectivity index (χ3v) is 4.93. The van der Waals surface area contributed by atoms with Crippen LogP contribution in [0.4, 0.5) is 0 Å². The molecule has 3 rings (SSSR count). The molecule has 0 aromatic heterocycles. The molecule has 1 amide bonds. The second kappa shape index (κ2) is 9.31. The Hall–Kier alpha value is -3.54. The summed E-state index contributed by atoms with van der Waals surface area (Å²) in [4.78, 5) is 27.1. The number of benzene rings is 2. The van der Waals surface area contributed by atoms with Crippen molar-refractivity contribution < 1.29 is 24.2 Å². The molecule has 1 aliphatic rings. The number of aliphatic hydroxyl groups excluding tert-OH is 1. The fourth-order valence-corrected chi connectivity index (χ4v) is 3.50. The van der Waals surface area contributed by atoms with Crippen LogP contribution in [0, 0.1) is 0 Å². The third-order valence-electron chi connectivity index (χ3n) is 4.93. The predicted molar refractivity (Wildman–Crippen MR) is 114 cm³/mol. The molecule has 2 aromatic carbocycles. The summed E-state index contributed by atoms with van der Waals surface area (Å²) in [5.74, 6) is -0.215. The van der Waals surface area contributed by atoms with Crippen LogP contribution in [-0.4, -0.2) is 42.0 Å². The lowest BCUT2D eigenvalue weighted by Crippen LogP contribution is -2.30. The van der Waals surface area contributed by atoms with Gasteiger partial charge in [-0.2, -0.15) is 0 Å². The normalized spacial score (nSPS) is 17.8. The van der Waals surface area contributed by atoms with E-state index in [1.165, 1.54) is 4.90 Å². The zero-order valence-electron chi connectivity index (χ0n) is 17.1. The second-order valence-corrected chi connectivity index (χ2v) is 6.89. The smallest absolute Gasteiger partial charge is 0.295 e. The Kier molecular flexibility index (Phi) is 6.57. The number of hydrogen-bond donors (Lipinski definition) is 1. The van der Waals surface area contributed by atoms with Crippen molar-refractivity contribution in [2.75, 3.05) is 20.3 Å². The van der Waals surface area contributed by atoms with Gasteiger partial charge < -0.3 is 19.5 Å². The zero-order valence-corrected chi connectivity index (χ0v) is 17.1. The summed E-state index contributed by atoms with van der Waals surface area (Å²) < 4.78 is 10.7. The van der Waals surface area contributed by atoms with E-state index in [0.717, 1.165) is 5.56 Å². The summed E-state index contributed by atoms with van der Waals surface area (Å²) in [6.45, 7) is 6.32. The van der Waals surface area contributed by atoms with E-state index in [4.69, 9.17) is 9.47 Å². The first-order chi connectivity index (χ1) is 14.5. The van der Waals surface area contributed by atoms with Crippen molar-refractivity contribution >= 4 is 17.4 Å². The number of Topliss-reactive ketones (excluding diaryl/α,β-unsaturated/α-hetero) is 1. The van der Waals surface area contributed by atoms with Gasteiger partial charge in [0.25, 0.3) is 11.7 Å². The molecule has 0 spiro atoms. The molecule has 0 aliphatic carbocycles. The second-order valence-electron chi connectivity index (χ2n) is 6.89. The fraction of sp³-hybridized carbons (Fsp3) is 0.250. The predicted octanol–water partition coefficient (Wildman–Crippen LogP) is 4.09. The van der Waals surface area contributed by atoms with Gasteiger partial charge in [0, 0.05) is 12.1 Å². The highest BCUT2D eigenvalue weighted by Crippen LogP contribution is 2.40. The van der Waals surface area contributed by atoms with Crippen LogP contribution in [0.1, 0.15) is 30.5 Å². The molecule has 1 heterocycles. The standard InChI is InChI=1S/C24H25NO5/c1-4-14-25-21(16-6-10-18(29-3)11-7-16)20(23(27)24(25)28)22(26)17-8-12-19(13-9-17)30-15-5-2/h5-13,21,26H,2,4,14-15H2,1,3H3/t21-/m1/s1. The van der Waals surface area contributed by atoms with Gasteiger partial charge in [-0.1, -0.05) is 31.7 Å². The van der Waals surface area contributed by atoms with E-state index in [0.29, 0.717) is 36.6 Å². The number of carbonyl (C=O) groups excluding carboxylic acids is 2. The Bertz CT molecular complexity index is 960. The van der Waals surface area contributed by atoms with Gasteiger partial charge in [0.1, 0.15) is 23.9 Å². The van der Waals surface area contributed by atoms with E-state index in [9.17, 15) is 14.7 Å². The van der Waals surface area contributed by atoms with Crippen LogP contribution in [0.5, 0.6) is 11.5 Å². The highest BCUT2D eigenvalue weighted by molar-refractivity contribution is 6.46. The lowest BCUT2D eigenvalue weighted by Gasteiger charge is -2.25. The van der Waals surface area contributed by atoms with E-state index >= 15 is 0 Å². The van der Waals surface area contributed by atoms with E-state index in [1.54, 1.807) is 61.7 Å². The lowest BCUT2D eigenvalue weighted by molar-refractivity contribution is -0.139. The summed E-state index contributed by atoms with van der Waals surface area (Å²) in [6.07, 6.45) is 2.33. The summed E-state index contributed by atoms with van der Waals surface area (Å²) >= 11 is 0. The van der Waals surface area contributed by atoms with Gasteiger partial charge in [-0.25, -0.2) is 0 Å². The summed E-state index contributed by atoms with van der Waals surface area (Å²) in [6, 6.07) is 13.2. The van der Waals surface area contributed by atoms with Gasteiger partial charge in [-0.15, -0.1) is 0 Å². The zero-order chi connectivity index (χ0) is 21.7. The maximum atomic E-state index is 12.9. The number of ether oxygens (including phenoxy) is 2. The molecule has 6 heteroatoms. The van der Waals surface area contributed by atoms with Crippen LogP contribution < -0.4 is 9.47 Å². The van der Waals surface area contributed by atoms with Crippen molar-refractivity contribution in [3.63, 3.8) is 0 Å². The van der Waals surface area contributed by atoms with Crippen LogP contribution in [0.15, 0.2) is 66.8 Å². The van der Waals surface area contributed by atoms with Crippen molar-refractivity contribution in [1.29, 1.82) is 0 Å². The van der Waals surface area contributed by atoms with Crippen LogP contribution in [0.2, 0.25) is 0 Å². The number of carbonyl (C=O) groups is 2. The Morgan fingerprint density at radius 1 is 1.10 bits per heavy atom. The maximum Gasteiger partial charge on any atom is 0.295 e. The Morgan fingerprint density at radius 2 is 1.73 bits per heavy atom. The molecular formula is C24H25NO5. The minimum Gasteiger partial charge on any atom is -0.507 e. The van der Waals surface area contributed by atoms with Crippen molar-refractivity contribution in [3.8, 4) is 11.5 Å². The molecule has 0 radical (unpaired) electrons. The van der Waals surface area contributed by atoms with Crippen LogP contribution in [0.25, 0.3) is 5.76 Å². The number of methoxy groups -OCH3 is 1. The number of nitrogens with zero attached hydrogens (tertiary/aromatic N) is 1. The summed E-state index contributed by atoms with van der Waals surface area (Å²) in [5, 5.41) is 11.0. The van der Waals surface area contributed by atoms with Crippen LogP contribution in [-0.2, 0) is 9.59 Å². The monoisotopic (exact) mass is 407 g/mol. The largest absolute Gasteiger partial charge is 0.507 e. The van der Waals surface area contributed by atoms with E-state index in [2.05, 4.69) is 6.58 Å². The van der Waals surface area contributed by atoms with Gasteiger partial charge in [0.15, 0.2) is 0 Å². The van der Waals surface area contributed by atoms with Crippen molar-refractivity contribution in [2.24, 2.45) is 0 Å². The molecular weight excluding hydrogens is 382 g/mol. The van der Waals surface area contributed by atoms with Crippen molar-refractivity contribution in [3.05, 3.63) is 77.9 Å². The number of ketones is 1. The molecule has 0 saturated carbocycles. The molecule has 2 aromatic rings. The molecule has 1 fully saturated rings. The molecule has 0 bridgehead atoms. The number of likely N-dealkylation sites (tertiary alicyclic amines) is 1. The van der Waals surface area contributed by atoms with E-state index in [-0.39, 0.29) is 11.3 Å². The summed E-state index contributed by atoms with van der Waals surface area (Å²) in [5.41, 5.74) is 1.25. The molecule has 156 valence electrons. The number of aliphatic hydroxyl groups is 1. The quantitative estimate of drug-likeness (QED) is 0.309. The van der Waals surface area contributed by atoms with E-state index < -0.39 is 17.7 Å². The number of hydrogen-bond acceptors (Lipinski definition) is 5. The Morgan fingerprint density at radius 3 is 2.30 bits per heavy atom. The van der Waals surface area contributed by atoms with Gasteiger partial charge in [0.05, 0.1) is 18.7 Å². The molecule has 1 aliphatic heterocycles. The van der Waals surface area contributed by atoms with Gasteiger partial charge in [0.2, 0.25) is 0 Å². The average Bonchev–Trinajstić information content (AvgIpc) is 3.03. The Balaban J connectivity index is 2.06. The first kappa shape index (κ1) is 21.2. The van der Waals surface area contributed by atoms with Gasteiger partial charge in [-0.3, -0.25) is 9.59 Å². The first-order valence-corrected chi connectivity index (χ1v) is 9.78. The maximum absolute atomic E-state index is 12.9. The SMILES string of the molecule is C=CCOc1ccc(C(O)=C2C(=O)C(=O)N(CCC)[C@@H]2c2ccc(OC)cc2)cc1.